The summed E-state index contributed by atoms with van der Waals surface area (Å²) in [5, 5.41) is 0. The summed E-state index contributed by atoms with van der Waals surface area (Å²) in [5.41, 5.74) is 7.09. The maximum absolute atomic E-state index is 13.9. The van der Waals surface area contributed by atoms with E-state index in [1.807, 2.05) is 25.1 Å². The maximum atomic E-state index is 13.9. The number of pyridine rings is 1. The molecule has 2 aromatic heterocycles. The molecule has 1 aliphatic carbocycles. The van der Waals surface area contributed by atoms with Crippen LogP contribution in [0.5, 0.6) is 0 Å². The molecule has 31 heavy (non-hydrogen) atoms. The minimum Gasteiger partial charge on any atom is -0.373 e. The summed E-state index contributed by atoms with van der Waals surface area (Å²) >= 11 is 0. The zero-order valence-corrected chi connectivity index (χ0v) is 18.2. The van der Waals surface area contributed by atoms with Gasteiger partial charge in [0.1, 0.15) is 17.3 Å². The van der Waals surface area contributed by atoms with Crippen molar-refractivity contribution in [2.24, 2.45) is 5.92 Å². The molecule has 1 saturated heterocycles. The molecule has 0 radical (unpaired) electrons. The number of aromatic nitrogens is 3. The van der Waals surface area contributed by atoms with Crippen molar-refractivity contribution in [3.8, 4) is 11.4 Å². The maximum Gasteiger partial charge on any atom is 0.220 e. The first-order chi connectivity index (χ1) is 15.0. The molecular weight excluding hydrogens is 397 g/mol. The van der Waals surface area contributed by atoms with Crippen LogP contribution in [0.2, 0.25) is 0 Å². The Kier molecular flexibility index (Phi) is 8.06. The number of ketones is 1. The minimum atomic E-state index is -0.549. The van der Waals surface area contributed by atoms with Gasteiger partial charge in [0.15, 0.2) is 5.82 Å². The Morgan fingerprint density at radius 1 is 1.26 bits per heavy atom. The topological polar surface area (TPSA) is 94.2 Å². The van der Waals surface area contributed by atoms with E-state index >= 15 is 0 Å². The van der Waals surface area contributed by atoms with Gasteiger partial charge in [-0.05, 0) is 38.8 Å². The number of halogens is 1. The average Bonchev–Trinajstić information content (AvgIpc) is 2.81. The zero-order chi connectivity index (χ0) is 22.2. The highest BCUT2D eigenvalue weighted by Gasteiger charge is 2.19. The molecule has 0 spiro atoms. The number of hydrogen-bond donors (Lipinski definition) is 1. The molecule has 0 bridgehead atoms. The predicted octanol–water partition coefficient (Wildman–Crippen LogP) is 4.16. The van der Waals surface area contributed by atoms with Crippen LogP contribution >= 0.6 is 0 Å². The summed E-state index contributed by atoms with van der Waals surface area (Å²) in [6.45, 7) is 5.53. The number of nitrogens with two attached hydrogens (primary N) is 1. The smallest absolute Gasteiger partial charge is 0.220 e. The molecule has 1 aliphatic heterocycles. The number of anilines is 2. The average molecular weight is 428 g/mol. The van der Waals surface area contributed by atoms with Gasteiger partial charge < -0.3 is 15.4 Å². The van der Waals surface area contributed by atoms with E-state index in [4.69, 9.17) is 10.5 Å². The van der Waals surface area contributed by atoms with Crippen molar-refractivity contribution in [1.82, 2.24) is 15.0 Å². The molecule has 166 valence electrons. The lowest BCUT2D eigenvalue weighted by Crippen LogP contribution is -2.34. The largest absolute Gasteiger partial charge is 0.373 e. The second-order valence-corrected chi connectivity index (χ2v) is 7.74. The van der Waals surface area contributed by atoms with Gasteiger partial charge >= 0.3 is 0 Å². The van der Waals surface area contributed by atoms with Crippen LogP contribution in [0.25, 0.3) is 11.4 Å². The van der Waals surface area contributed by atoms with Crippen molar-refractivity contribution in [2.45, 2.75) is 46.0 Å². The molecule has 0 amide bonds. The highest BCUT2D eigenvalue weighted by Crippen LogP contribution is 2.25. The molecule has 0 unspecified atom stereocenters. The van der Waals surface area contributed by atoms with Crippen LogP contribution in [0.4, 0.5) is 16.2 Å². The van der Waals surface area contributed by atoms with Gasteiger partial charge in [0, 0.05) is 18.2 Å². The van der Waals surface area contributed by atoms with E-state index in [0.717, 1.165) is 30.6 Å². The molecule has 2 aromatic rings. The number of Topliss-reactive ketones (excluding diaryl/α,β-unsaturated/α-hetero) is 1. The van der Waals surface area contributed by atoms with Crippen molar-refractivity contribution in [3.05, 3.63) is 42.0 Å². The predicted molar refractivity (Wildman–Crippen MR) is 119 cm³/mol. The van der Waals surface area contributed by atoms with Gasteiger partial charge in [-0.25, -0.2) is 19.3 Å². The van der Waals surface area contributed by atoms with Crippen LogP contribution in [0, 0.1) is 11.7 Å². The third-order valence-electron chi connectivity index (χ3n) is 5.59. The summed E-state index contributed by atoms with van der Waals surface area (Å²) in [7, 11) is 0. The van der Waals surface area contributed by atoms with E-state index in [1.165, 1.54) is 19.3 Å². The number of ether oxygens (including phenoxy) is 1. The summed E-state index contributed by atoms with van der Waals surface area (Å²) in [4.78, 5) is 24.9. The lowest BCUT2D eigenvalue weighted by atomic mass is 9.87. The second kappa shape index (κ2) is 10.9. The fraction of sp³-hybridized carbons (Fsp3) is 0.478. The normalized spacial score (nSPS) is 18.4. The Balaban J connectivity index is 0.000000254. The number of carbonyl (C=O) groups is 1. The van der Waals surface area contributed by atoms with Crippen LogP contribution in [0.3, 0.4) is 0 Å². The van der Waals surface area contributed by atoms with Gasteiger partial charge in [-0.2, -0.15) is 0 Å². The Labute approximate surface area is 182 Å². The zero-order valence-electron chi connectivity index (χ0n) is 18.2. The fourth-order valence-corrected chi connectivity index (χ4v) is 3.83. The fourth-order valence-electron chi connectivity index (χ4n) is 3.83. The van der Waals surface area contributed by atoms with Crippen LogP contribution in [-0.2, 0) is 9.53 Å². The van der Waals surface area contributed by atoms with E-state index in [-0.39, 0.29) is 11.6 Å². The highest BCUT2D eigenvalue weighted by molar-refractivity contribution is 5.78. The molecule has 8 heteroatoms. The van der Waals surface area contributed by atoms with Crippen molar-refractivity contribution in [2.75, 3.05) is 30.4 Å². The Morgan fingerprint density at radius 2 is 2.03 bits per heavy atom. The van der Waals surface area contributed by atoms with Gasteiger partial charge in [-0.3, -0.25) is 4.79 Å². The monoisotopic (exact) mass is 427 g/mol. The lowest BCUT2D eigenvalue weighted by molar-refractivity contribution is -0.121. The molecule has 1 saturated carbocycles. The first-order valence-electron chi connectivity index (χ1n) is 10.8. The molecule has 2 fully saturated rings. The van der Waals surface area contributed by atoms with Gasteiger partial charge in [0.25, 0.3) is 0 Å². The van der Waals surface area contributed by atoms with Gasteiger partial charge in [0.05, 0.1) is 25.1 Å². The number of allylic oxidation sites excluding steroid dienone is 1. The van der Waals surface area contributed by atoms with Gasteiger partial charge in [-0.15, -0.1) is 0 Å². The second-order valence-electron chi connectivity index (χ2n) is 7.74. The third-order valence-corrected chi connectivity index (χ3v) is 5.59. The quantitative estimate of drug-likeness (QED) is 0.786. The van der Waals surface area contributed by atoms with Crippen molar-refractivity contribution < 1.29 is 13.9 Å². The first-order valence-corrected chi connectivity index (χ1v) is 10.8. The third kappa shape index (κ3) is 6.07. The van der Waals surface area contributed by atoms with E-state index in [0.29, 0.717) is 37.2 Å². The standard InChI is InChI=1S/C15H16FN5O.C8H14O/c1-2-10-9-22-7-6-21(10)13-5-3-4-12(19-13)14-11(16)8-18-15(17)20-14;1-7(9)8-5-3-2-4-6-8/h2-5,8H,6-7,9H2,1H3,(H2,17,18,20);8H,2-6H2,1H3/b10-2+;. The van der Waals surface area contributed by atoms with Crippen molar-refractivity contribution >= 4 is 17.5 Å². The van der Waals surface area contributed by atoms with Crippen LogP contribution < -0.4 is 10.6 Å². The molecule has 0 aromatic carbocycles. The SMILES string of the molecule is C/C=C1\COCCN1c1cccc(-c2nc(N)ncc2F)n1.CC(=O)C1CCCCC1. The van der Waals surface area contributed by atoms with E-state index < -0.39 is 5.82 Å². The van der Waals surface area contributed by atoms with Crippen LogP contribution in [0.1, 0.15) is 46.0 Å². The van der Waals surface area contributed by atoms with Crippen LogP contribution in [-0.4, -0.2) is 40.5 Å². The Bertz CT molecular complexity index is 928. The summed E-state index contributed by atoms with van der Waals surface area (Å²) in [6, 6.07) is 5.39. The number of morpholine rings is 1. The van der Waals surface area contributed by atoms with Crippen molar-refractivity contribution in [1.29, 1.82) is 0 Å². The summed E-state index contributed by atoms with van der Waals surface area (Å²) in [5.74, 6) is 1.01. The summed E-state index contributed by atoms with van der Waals surface area (Å²) in [6.07, 6.45) is 9.21. The number of carbonyl (C=O) groups excluding carboxylic acids is 1. The number of nitrogen functional groups attached to an aromatic ring is 1. The molecule has 4 rings (SSSR count). The Morgan fingerprint density at radius 3 is 2.71 bits per heavy atom. The van der Waals surface area contributed by atoms with E-state index in [1.54, 1.807) is 13.0 Å². The number of nitrogens with zero attached hydrogens (tertiary/aromatic N) is 4. The molecule has 3 heterocycles. The van der Waals surface area contributed by atoms with E-state index in [9.17, 15) is 9.18 Å². The minimum absolute atomic E-state index is 0.0177. The van der Waals surface area contributed by atoms with Crippen LogP contribution in [0.15, 0.2) is 36.2 Å². The Hall–Kier alpha value is -2.87. The van der Waals surface area contributed by atoms with E-state index in [2.05, 4.69) is 19.9 Å². The van der Waals surface area contributed by atoms with Gasteiger partial charge in [0.2, 0.25) is 5.95 Å². The molecule has 2 N–H and O–H groups in total. The first kappa shape index (κ1) is 22.8. The van der Waals surface area contributed by atoms with Crippen molar-refractivity contribution in [3.63, 3.8) is 0 Å². The lowest BCUT2D eigenvalue weighted by Gasteiger charge is -2.30. The summed E-state index contributed by atoms with van der Waals surface area (Å²) < 4.78 is 19.3. The number of rotatable bonds is 3. The van der Waals surface area contributed by atoms with Gasteiger partial charge in [-0.1, -0.05) is 31.4 Å². The molecule has 7 nitrogen and oxygen atoms in total. The highest BCUT2D eigenvalue weighted by atomic mass is 19.1. The molecule has 0 atom stereocenters. The molecule has 2 aliphatic rings. The number of hydrogen-bond acceptors (Lipinski definition) is 7. The molecular formula is C23H30FN5O2.